The van der Waals surface area contributed by atoms with Crippen LogP contribution in [0, 0.1) is 5.41 Å². The van der Waals surface area contributed by atoms with Crippen LogP contribution < -0.4 is 0 Å². The lowest BCUT2D eigenvalue weighted by atomic mass is 9.81. The first-order valence-corrected chi connectivity index (χ1v) is 7.08. The molecule has 2 unspecified atom stereocenters. The van der Waals surface area contributed by atoms with Gasteiger partial charge < -0.3 is 5.11 Å². The van der Waals surface area contributed by atoms with Crippen LogP contribution >= 0.6 is 11.8 Å². The Morgan fingerprint density at radius 3 is 2.69 bits per heavy atom. The van der Waals surface area contributed by atoms with Crippen molar-refractivity contribution in [1.82, 2.24) is 4.90 Å². The van der Waals surface area contributed by atoms with Crippen LogP contribution in [0.3, 0.4) is 0 Å². The summed E-state index contributed by atoms with van der Waals surface area (Å²) in [6.45, 7) is 6.45. The van der Waals surface area contributed by atoms with Gasteiger partial charge in [0.2, 0.25) is 0 Å². The largest absolute Gasteiger partial charge is 0.480 e. The maximum absolute atomic E-state index is 11.2. The van der Waals surface area contributed by atoms with Crippen molar-refractivity contribution in [3.63, 3.8) is 0 Å². The fraction of sp³-hybridized carbons (Fsp3) is 0.917. The number of hydrogen-bond donors (Lipinski definition) is 1. The molecule has 0 spiro atoms. The number of nitrogens with zero attached hydrogens (tertiary/aromatic N) is 1. The van der Waals surface area contributed by atoms with E-state index < -0.39 is 5.97 Å². The Hall–Kier alpha value is -0.220. The molecular weight excluding hydrogens is 222 g/mol. The van der Waals surface area contributed by atoms with E-state index in [1.165, 1.54) is 12.2 Å². The molecule has 0 aliphatic carbocycles. The molecule has 0 amide bonds. The summed E-state index contributed by atoms with van der Waals surface area (Å²) in [6, 6.07) is 0.0234. The summed E-state index contributed by atoms with van der Waals surface area (Å²) < 4.78 is 0. The minimum Gasteiger partial charge on any atom is -0.480 e. The van der Waals surface area contributed by atoms with Crippen molar-refractivity contribution in [3.05, 3.63) is 0 Å². The monoisotopic (exact) mass is 245 g/mol. The summed E-state index contributed by atoms with van der Waals surface area (Å²) in [5, 5.41) is 9.20. The summed E-state index contributed by atoms with van der Waals surface area (Å²) in [7, 11) is 1.96. The van der Waals surface area contributed by atoms with Crippen molar-refractivity contribution in [1.29, 1.82) is 0 Å². The van der Waals surface area contributed by atoms with Gasteiger partial charge in [0.15, 0.2) is 0 Å². The molecule has 3 nitrogen and oxygen atoms in total. The third-order valence-corrected chi connectivity index (χ3v) is 4.77. The molecule has 1 aliphatic heterocycles. The third kappa shape index (κ3) is 2.92. The molecule has 1 N–H and O–H groups in total. The second-order valence-corrected chi connectivity index (χ2v) is 6.41. The van der Waals surface area contributed by atoms with E-state index in [0.29, 0.717) is 12.5 Å². The SMILES string of the molecule is CCC(C(=O)O)N(C)C1CSCCC1(C)C. The van der Waals surface area contributed by atoms with Gasteiger partial charge in [-0.05, 0) is 31.1 Å². The predicted octanol–water partition coefficient (Wildman–Crippen LogP) is 2.31. The Kier molecular flexibility index (Phi) is 4.68. The lowest BCUT2D eigenvalue weighted by Gasteiger charge is -2.45. The molecule has 1 heterocycles. The molecular formula is C12H23NO2S. The third-order valence-electron chi connectivity index (χ3n) is 3.72. The fourth-order valence-corrected chi connectivity index (χ4v) is 4.19. The standard InChI is InChI=1S/C12H23NO2S/c1-5-9(11(14)15)13(4)10-8-16-7-6-12(10,2)3/h9-10H,5-8H2,1-4H3,(H,14,15). The molecule has 4 heteroatoms. The highest BCUT2D eigenvalue weighted by Gasteiger charge is 2.38. The number of hydrogen-bond acceptors (Lipinski definition) is 3. The van der Waals surface area contributed by atoms with E-state index in [4.69, 9.17) is 0 Å². The van der Waals surface area contributed by atoms with Crippen LogP contribution in [0.15, 0.2) is 0 Å². The zero-order valence-corrected chi connectivity index (χ0v) is 11.5. The average Bonchev–Trinajstić information content (AvgIpc) is 2.17. The summed E-state index contributed by atoms with van der Waals surface area (Å²) in [6.07, 6.45) is 1.84. The Bertz CT molecular complexity index is 255. The van der Waals surface area contributed by atoms with Crippen LogP contribution in [0.5, 0.6) is 0 Å². The lowest BCUT2D eigenvalue weighted by Crippen LogP contribution is -2.53. The molecule has 2 atom stereocenters. The highest BCUT2D eigenvalue weighted by atomic mass is 32.2. The number of thioether (sulfide) groups is 1. The summed E-state index contributed by atoms with van der Waals surface area (Å²) >= 11 is 1.94. The normalized spacial score (nSPS) is 26.7. The first-order chi connectivity index (χ1) is 7.40. The van der Waals surface area contributed by atoms with Gasteiger partial charge >= 0.3 is 5.97 Å². The van der Waals surface area contributed by atoms with E-state index in [-0.39, 0.29) is 11.5 Å². The van der Waals surface area contributed by atoms with Gasteiger partial charge in [0.05, 0.1) is 0 Å². The molecule has 0 aromatic carbocycles. The first-order valence-electron chi connectivity index (χ1n) is 5.92. The highest BCUT2D eigenvalue weighted by molar-refractivity contribution is 7.99. The Morgan fingerprint density at radius 2 is 2.25 bits per heavy atom. The van der Waals surface area contributed by atoms with E-state index in [2.05, 4.69) is 18.7 Å². The van der Waals surface area contributed by atoms with Gasteiger partial charge in [0, 0.05) is 11.8 Å². The summed E-state index contributed by atoms with van der Waals surface area (Å²) in [5.74, 6) is 1.55. The molecule has 94 valence electrons. The first kappa shape index (κ1) is 13.8. The molecule has 1 saturated heterocycles. The van der Waals surface area contributed by atoms with Crippen LogP contribution in [0.4, 0.5) is 0 Å². The Balaban J connectivity index is 2.77. The van der Waals surface area contributed by atoms with Gasteiger partial charge in [-0.3, -0.25) is 9.69 Å². The van der Waals surface area contributed by atoms with E-state index in [1.807, 2.05) is 25.7 Å². The number of carboxylic acid groups (broad SMARTS) is 1. The van der Waals surface area contributed by atoms with Crippen molar-refractivity contribution >= 4 is 17.7 Å². The summed E-state index contributed by atoms with van der Waals surface area (Å²) in [5.41, 5.74) is 0.225. The van der Waals surface area contributed by atoms with Gasteiger partial charge in [-0.15, -0.1) is 0 Å². The smallest absolute Gasteiger partial charge is 0.320 e. The van der Waals surface area contributed by atoms with Crippen LogP contribution in [-0.2, 0) is 4.79 Å². The number of carboxylic acids is 1. The molecule has 1 aliphatic rings. The number of aliphatic carboxylic acids is 1. The van der Waals surface area contributed by atoms with Crippen molar-refractivity contribution in [3.8, 4) is 0 Å². The van der Waals surface area contributed by atoms with Crippen LogP contribution in [0.1, 0.15) is 33.6 Å². The zero-order chi connectivity index (χ0) is 12.3. The summed E-state index contributed by atoms with van der Waals surface area (Å²) in [4.78, 5) is 13.2. The van der Waals surface area contributed by atoms with Crippen LogP contribution in [-0.4, -0.2) is 46.6 Å². The van der Waals surface area contributed by atoms with Gasteiger partial charge in [0.1, 0.15) is 6.04 Å². The lowest BCUT2D eigenvalue weighted by molar-refractivity contribution is -0.144. The van der Waals surface area contributed by atoms with E-state index in [1.54, 1.807) is 0 Å². The minimum atomic E-state index is -0.698. The maximum Gasteiger partial charge on any atom is 0.320 e. The predicted molar refractivity (Wildman–Crippen MR) is 69.0 cm³/mol. The molecule has 0 aromatic heterocycles. The average molecular weight is 245 g/mol. The van der Waals surface area contributed by atoms with Gasteiger partial charge in [-0.25, -0.2) is 0 Å². The van der Waals surface area contributed by atoms with Crippen molar-refractivity contribution in [2.75, 3.05) is 18.6 Å². The Labute approximate surface area is 103 Å². The Morgan fingerprint density at radius 1 is 1.62 bits per heavy atom. The van der Waals surface area contributed by atoms with E-state index in [0.717, 1.165) is 5.75 Å². The second-order valence-electron chi connectivity index (χ2n) is 5.26. The number of rotatable bonds is 4. The molecule has 0 saturated carbocycles. The molecule has 1 rings (SSSR count). The zero-order valence-electron chi connectivity index (χ0n) is 10.7. The fourth-order valence-electron chi connectivity index (χ4n) is 2.45. The minimum absolute atomic E-state index is 0.225. The van der Waals surface area contributed by atoms with Crippen molar-refractivity contribution < 1.29 is 9.90 Å². The van der Waals surface area contributed by atoms with Gasteiger partial charge in [-0.1, -0.05) is 20.8 Å². The second kappa shape index (κ2) is 5.41. The molecule has 0 aromatic rings. The van der Waals surface area contributed by atoms with Crippen molar-refractivity contribution in [2.24, 2.45) is 5.41 Å². The number of carbonyl (C=O) groups is 1. The van der Waals surface area contributed by atoms with Crippen LogP contribution in [0.25, 0.3) is 0 Å². The van der Waals surface area contributed by atoms with E-state index in [9.17, 15) is 9.90 Å². The van der Waals surface area contributed by atoms with Gasteiger partial charge in [-0.2, -0.15) is 11.8 Å². The quantitative estimate of drug-likeness (QED) is 0.825. The van der Waals surface area contributed by atoms with Gasteiger partial charge in [0.25, 0.3) is 0 Å². The van der Waals surface area contributed by atoms with Crippen LogP contribution in [0.2, 0.25) is 0 Å². The number of likely N-dealkylation sites (N-methyl/N-ethyl adjacent to an activating group) is 1. The van der Waals surface area contributed by atoms with Crippen molar-refractivity contribution in [2.45, 2.75) is 45.7 Å². The molecule has 0 bridgehead atoms. The highest BCUT2D eigenvalue weighted by Crippen LogP contribution is 2.37. The molecule has 1 fully saturated rings. The molecule has 16 heavy (non-hydrogen) atoms. The maximum atomic E-state index is 11.2. The van der Waals surface area contributed by atoms with E-state index >= 15 is 0 Å². The topological polar surface area (TPSA) is 40.5 Å². The molecule has 0 radical (unpaired) electrons.